The van der Waals surface area contributed by atoms with Crippen LogP contribution in [0.25, 0.3) is 0 Å². The molecular formula is C15H19NO. The monoisotopic (exact) mass is 229 g/mol. The Labute approximate surface area is 103 Å². The minimum absolute atomic E-state index is 0.283. The first-order valence-corrected chi connectivity index (χ1v) is 6.43. The smallest absolute Gasteiger partial charge is 0.0948 e. The molecule has 1 aliphatic carbocycles. The van der Waals surface area contributed by atoms with Crippen molar-refractivity contribution in [1.29, 1.82) is 5.26 Å². The maximum Gasteiger partial charge on any atom is 0.0948 e. The van der Waals surface area contributed by atoms with Crippen molar-refractivity contribution in [2.45, 2.75) is 44.6 Å². The molecule has 2 heteroatoms. The highest BCUT2D eigenvalue weighted by atomic mass is 16.3. The lowest BCUT2D eigenvalue weighted by Crippen LogP contribution is -2.10. The van der Waals surface area contributed by atoms with Crippen LogP contribution in [-0.2, 0) is 0 Å². The summed E-state index contributed by atoms with van der Waals surface area (Å²) in [5.41, 5.74) is 2.21. The van der Waals surface area contributed by atoms with Crippen molar-refractivity contribution in [2.24, 2.45) is 5.92 Å². The summed E-state index contributed by atoms with van der Waals surface area (Å²) in [4.78, 5) is 0. The number of nitrogens with zero attached hydrogens (tertiary/aromatic N) is 1. The lowest BCUT2D eigenvalue weighted by atomic mass is 9.92. The minimum Gasteiger partial charge on any atom is -0.387 e. The van der Waals surface area contributed by atoms with Crippen LogP contribution in [0.2, 0.25) is 0 Å². The number of benzene rings is 1. The van der Waals surface area contributed by atoms with Crippen LogP contribution in [0, 0.1) is 17.2 Å². The topological polar surface area (TPSA) is 44.0 Å². The summed E-state index contributed by atoms with van der Waals surface area (Å²) in [6, 6.07) is 10.3. The van der Waals surface area contributed by atoms with Crippen LogP contribution in [0.15, 0.2) is 24.3 Å². The van der Waals surface area contributed by atoms with Gasteiger partial charge in [-0.15, -0.1) is 0 Å². The van der Waals surface area contributed by atoms with Crippen molar-refractivity contribution in [2.75, 3.05) is 0 Å². The average molecular weight is 229 g/mol. The van der Waals surface area contributed by atoms with Crippen LogP contribution in [0.1, 0.15) is 55.8 Å². The van der Waals surface area contributed by atoms with Gasteiger partial charge in [0.2, 0.25) is 0 Å². The summed E-state index contributed by atoms with van der Waals surface area (Å²) in [6.07, 6.45) is 3.56. The quantitative estimate of drug-likeness (QED) is 0.839. The highest BCUT2D eigenvalue weighted by Gasteiger charge is 2.25. The molecule has 0 heterocycles. The highest BCUT2D eigenvalue weighted by Crippen LogP contribution is 2.41. The van der Waals surface area contributed by atoms with Crippen LogP contribution >= 0.6 is 0 Å². The Bertz CT molecular complexity index is 417. The van der Waals surface area contributed by atoms with Crippen LogP contribution in [0.3, 0.4) is 0 Å². The van der Waals surface area contributed by atoms with E-state index in [1.165, 1.54) is 18.4 Å². The third kappa shape index (κ3) is 2.87. The molecule has 1 fully saturated rings. The second-order valence-electron chi connectivity index (χ2n) is 4.91. The predicted molar refractivity (Wildman–Crippen MR) is 67.4 cm³/mol. The van der Waals surface area contributed by atoms with E-state index in [9.17, 15) is 5.11 Å². The third-order valence-electron chi connectivity index (χ3n) is 3.45. The summed E-state index contributed by atoms with van der Waals surface area (Å²) in [5, 5.41) is 19.3. The van der Waals surface area contributed by atoms with Gasteiger partial charge in [0.15, 0.2) is 0 Å². The van der Waals surface area contributed by atoms with Crippen molar-refractivity contribution < 1.29 is 5.11 Å². The molecule has 1 N–H and O–H groups in total. The molecule has 1 aromatic carbocycles. The highest BCUT2D eigenvalue weighted by molar-refractivity contribution is 5.31. The van der Waals surface area contributed by atoms with Gasteiger partial charge >= 0.3 is 0 Å². The number of hydrogen-bond acceptors (Lipinski definition) is 2. The predicted octanol–water partition coefficient (Wildman–Crippen LogP) is 3.54. The van der Waals surface area contributed by atoms with Gasteiger partial charge in [0.05, 0.1) is 18.1 Å². The van der Waals surface area contributed by atoms with Crippen LogP contribution in [0.5, 0.6) is 0 Å². The fourth-order valence-corrected chi connectivity index (χ4v) is 2.25. The second-order valence-corrected chi connectivity index (χ2v) is 4.91. The molecule has 0 saturated heterocycles. The standard InChI is InChI=1S/C15H19NO/c1-2-4-14(10-16)15(17)13-6-3-5-12(9-13)11-7-8-11/h3,5-6,9,11,14-15,17H,2,4,7-8H2,1H3. The van der Waals surface area contributed by atoms with Crippen molar-refractivity contribution in [3.8, 4) is 6.07 Å². The zero-order valence-corrected chi connectivity index (χ0v) is 10.3. The van der Waals surface area contributed by atoms with Gasteiger partial charge in [-0.3, -0.25) is 0 Å². The zero-order chi connectivity index (χ0) is 12.3. The van der Waals surface area contributed by atoms with Crippen LogP contribution in [0.4, 0.5) is 0 Å². The Kier molecular flexibility index (Phi) is 3.81. The number of aliphatic hydroxyl groups excluding tert-OH is 1. The second kappa shape index (κ2) is 5.33. The SMILES string of the molecule is CCCC(C#N)C(O)c1cccc(C2CC2)c1. The lowest BCUT2D eigenvalue weighted by molar-refractivity contribution is 0.130. The van der Waals surface area contributed by atoms with E-state index in [1.807, 2.05) is 19.1 Å². The van der Waals surface area contributed by atoms with Crippen molar-refractivity contribution >= 4 is 0 Å². The van der Waals surface area contributed by atoms with Gasteiger partial charge in [-0.05, 0) is 36.3 Å². The van der Waals surface area contributed by atoms with E-state index in [0.29, 0.717) is 5.92 Å². The maximum atomic E-state index is 10.2. The fourth-order valence-electron chi connectivity index (χ4n) is 2.25. The average Bonchev–Trinajstić information content (AvgIpc) is 3.19. The van der Waals surface area contributed by atoms with Crippen LogP contribution < -0.4 is 0 Å². The lowest BCUT2D eigenvalue weighted by Gasteiger charge is -2.17. The molecule has 0 aliphatic heterocycles. The molecule has 0 spiro atoms. The van der Waals surface area contributed by atoms with Crippen molar-refractivity contribution in [3.05, 3.63) is 35.4 Å². The maximum absolute atomic E-state index is 10.2. The van der Waals surface area contributed by atoms with E-state index in [4.69, 9.17) is 5.26 Å². The molecule has 0 radical (unpaired) electrons. The van der Waals surface area contributed by atoms with E-state index < -0.39 is 6.10 Å². The molecule has 0 amide bonds. The van der Waals surface area contributed by atoms with E-state index in [2.05, 4.69) is 18.2 Å². The van der Waals surface area contributed by atoms with E-state index >= 15 is 0 Å². The number of hydrogen-bond donors (Lipinski definition) is 1. The summed E-state index contributed by atoms with van der Waals surface area (Å²) in [7, 11) is 0. The van der Waals surface area contributed by atoms with Gasteiger partial charge in [0.1, 0.15) is 0 Å². The third-order valence-corrected chi connectivity index (χ3v) is 3.45. The van der Waals surface area contributed by atoms with Crippen molar-refractivity contribution in [1.82, 2.24) is 0 Å². The molecule has 1 saturated carbocycles. The Hall–Kier alpha value is -1.33. The zero-order valence-electron chi connectivity index (χ0n) is 10.3. The molecule has 0 aromatic heterocycles. The molecule has 0 bridgehead atoms. The number of rotatable bonds is 5. The Balaban J connectivity index is 2.14. The molecule has 17 heavy (non-hydrogen) atoms. The summed E-state index contributed by atoms with van der Waals surface area (Å²) >= 11 is 0. The molecular weight excluding hydrogens is 210 g/mol. The van der Waals surface area contributed by atoms with Gasteiger partial charge in [-0.2, -0.15) is 5.26 Å². The minimum atomic E-state index is -0.640. The van der Waals surface area contributed by atoms with Crippen LogP contribution in [-0.4, -0.2) is 5.11 Å². The molecule has 90 valence electrons. The van der Waals surface area contributed by atoms with Gasteiger partial charge in [0, 0.05) is 0 Å². The van der Waals surface area contributed by atoms with Gasteiger partial charge in [0.25, 0.3) is 0 Å². The van der Waals surface area contributed by atoms with E-state index in [-0.39, 0.29) is 5.92 Å². The first-order valence-electron chi connectivity index (χ1n) is 6.43. The Morgan fingerprint density at radius 1 is 1.47 bits per heavy atom. The molecule has 1 aromatic rings. The Morgan fingerprint density at radius 2 is 2.24 bits per heavy atom. The van der Waals surface area contributed by atoms with Crippen molar-refractivity contribution in [3.63, 3.8) is 0 Å². The summed E-state index contributed by atoms with van der Waals surface area (Å²) in [5.74, 6) is 0.406. The van der Waals surface area contributed by atoms with Gasteiger partial charge in [-0.25, -0.2) is 0 Å². The molecule has 2 rings (SSSR count). The summed E-state index contributed by atoms with van der Waals surface area (Å²) < 4.78 is 0. The van der Waals surface area contributed by atoms with E-state index in [1.54, 1.807) is 0 Å². The normalized spacial score (nSPS) is 18.4. The summed E-state index contributed by atoms with van der Waals surface area (Å²) in [6.45, 7) is 2.04. The first-order chi connectivity index (χ1) is 8.26. The molecule has 2 atom stereocenters. The molecule has 2 unspecified atom stereocenters. The van der Waals surface area contributed by atoms with Gasteiger partial charge < -0.3 is 5.11 Å². The van der Waals surface area contributed by atoms with Gasteiger partial charge in [-0.1, -0.05) is 37.6 Å². The fraction of sp³-hybridized carbons (Fsp3) is 0.533. The largest absolute Gasteiger partial charge is 0.387 e. The first kappa shape index (κ1) is 12.1. The number of nitriles is 1. The van der Waals surface area contributed by atoms with E-state index in [0.717, 1.165) is 18.4 Å². The molecule has 2 nitrogen and oxygen atoms in total. The Morgan fingerprint density at radius 3 is 2.82 bits per heavy atom. The molecule has 1 aliphatic rings. The number of aliphatic hydroxyl groups is 1.